The van der Waals surface area contributed by atoms with Crippen LogP contribution in [0.5, 0.6) is 0 Å². The zero-order valence-corrected chi connectivity index (χ0v) is 14.0. The Morgan fingerprint density at radius 3 is 1.88 bits per heavy atom. The molecule has 4 rings (SSSR count). The number of anilines is 1. The maximum Gasteiger partial charge on any atom is 0.250 e. The van der Waals surface area contributed by atoms with Crippen LogP contribution >= 0.6 is 0 Å². The average molecular weight is 326 g/mol. The fourth-order valence-electron chi connectivity index (χ4n) is 3.13. The smallest absolute Gasteiger partial charge is 0.250 e. The number of nitrogens with zero attached hydrogens (tertiary/aromatic N) is 1. The SMILES string of the molecule is C=C(C)C(=O)Nc1ccc(-n2c3ccccc3c3ccccc32)cc1. The highest BCUT2D eigenvalue weighted by molar-refractivity contribution is 6.09. The van der Waals surface area contributed by atoms with Crippen molar-refractivity contribution < 1.29 is 4.79 Å². The molecule has 3 aromatic carbocycles. The number of nitrogens with one attached hydrogen (secondary N) is 1. The Kier molecular flexibility index (Phi) is 3.62. The van der Waals surface area contributed by atoms with Gasteiger partial charge in [-0.25, -0.2) is 0 Å². The summed E-state index contributed by atoms with van der Waals surface area (Å²) < 4.78 is 2.25. The first-order valence-electron chi connectivity index (χ1n) is 8.20. The summed E-state index contributed by atoms with van der Waals surface area (Å²) in [5, 5.41) is 5.31. The molecule has 0 aliphatic rings. The fraction of sp³-hybridized carbons (Fsp3) is 0.0455. The highest BCUT2D eigenvalue weighted by Crippen LogP contribution is 2.31. The third-order valence-electron chi connectivity index (χ3n) is 4.35. The van der Waals surface area contributed by atoms with Crippen LogP contribution < -0.4 is 5.32 Å². The molecule has 0 aliphatic carbocycles. The summed E-state index contributed by atoms with van der Waals surface area (Å²) in [6.45, 7) is 5.36. The van der Waals surface area contributed by atoms with E-state index >= 15 is 0 Å². The molecule has 0 saturated heterocycles. The number of fused-ring (bicyclic) bond motifs is 3. The first-order chi connectivity index (χ1) is 12.1. The highest BCUT2D eigenvalue weighted by Gasteiger charge is 2.11. The maximum atomic E-state index is 11.8. The second kappa shape index (κ2) is 5.95. The molecule has 0 spiro atoms. The number of benzene rings is 3. The van der Waals surface area contributed by atoms with Crippen molar-refractivity contribution in [1.82, 2.24) is 4.57 Å². The monoisotopic (exact) mass is 326 g/mol. The molecular formula is C22H18N2O. The molecule has 3 heteroatoms. The van der Waals surface area contributed by atoms with Crippen molar-refractivity contribution in [2.45, 2.75) is 6.92 Å². The van der Waals surface area contributed by atoms with Gasteiger partial charge in [0, 0.05) is 27.7 Å². The molecule has 25 heavy (non-hydrogen) atoms. The molecule has 1 amide bonds. The number of para-hydroxylation sites is 2. The molecule has 0 bridgehead atoms. The van der Waals surface area contributed by atoms with Gasteiger partial charge in [0.2, 0.25) is 0 Å². The van der Waals surface area contributed by atoms with Crippen molar-refractivity contribution in [2.24, 2.45) is 0 Å². The molecule has 0 unspecified atom stereocenters. The van der Waals surface area contributed by atoms with Gasteiger partial charge in [0.25, 0.3) is 5.91 Å². The lowest BCUT2D eigenvalue weighted by Crippen LogP contribution is -2.11. The zero-order chi connectivity index (χ0) is 17.4. The van der Waals surface area contributed by atoms with Crippen molar-refractivity contribution >= 4 is 33.4 Å². The van der Waals surface area contributed by atoms with Gasteiger partial charge >= 0.3 is 0 Å². The minimum Gasteiger partial charge on any atom is -0.322 e. The van der Waals surface area contributed by atoms with Crippen LogP contribution in [0.3, 0.4) is 0 Å². The predicted molar refractivity (Wildman–Crippen MR) is 104 cm³/mol. The Morgan fingerprint density at radius 2 is 1.36 bits per heavy atom. The van der Waals surface area contributed by atoms with Crippen molar-refractivity contribution in [1.29, 1.82) is 0 Å². The Morgan fingerprint density at radius 1 is 0.840 bits per heavy atom. The first kappa shape index (κ1) is 15.2. The van der Waals surface area contributed by atoms with E-state index in [1.165, 1.54) is 21.8 Å². The molecule has 0 radical (unpaired) electrons. The van der Waals surface area contributed by atoms with Crippen LogP contribution in [0.1, 0.15) is 6.92 Å². The highest BCUT2D eigenvalue weighted by atomic mass is 16.1. The third-order valence-corrected chi connectivity index (χ3v) is 4.35. The molecule has 0 saturated carbocycles. The number of amides is 1. The Bertz CT molecular complexity index is 1050. The molecule has 0 atom stereocenters. The topological polar surface area (TPSA) is 34.0 Å². The Balaban J connectivity index is 1.84. The molecule has 3 nitrogen and oxygen atoms in total. The van der Waals surface area contributed by atoms with Crippen molar-refractivity contribution in [3.63, 3.8) is 0 Å². The van der Waals surface area contributed by atoms with Gasteiger partial charge in [-0.3, -0.25) is 4.79 Å². The number of rotatable bonds is 3. The van der Waals surface area contributed by atoms with E-state index in [0.717, 1.165) is 11.4 Å². The lowest BCUT2D eigenvalue weighted by molar-refractivity contribution is -0.112. The van der Waals surface area contributed by atoms with Crippen LogP contribution in [0.2, 0.25) is 0 Å². The van der Waals surface area contributed by atoms with Crippen LogP contribution in [-0.4, -0.2) is 10.5 Å². The summed E-state index contributed by atoms with van der Waals surface area (Å²) >= 11 is 0. The number of hydrogen-bond acceptors (Lipinski definition) is 1. The van der Waals surface area contributed by atoms with Crippen LogP contribution in [0.25, 0.3) is 27.5 Å². The standard InChI is InChI=1S/C22H18N2O/c1-15(2)22(25)23-16-11-13-17(14-12-16)24-20-9-5-3-7-18(20)19-8-4-6-10-21(19)24/h3-14H,1H2,2H3,(H,23,25). The van der Waals surface area contributed by atoms with Gasteiger partial charge in [0.15, 0.2) is 0 Å². The second-order valence-corrected chi connectivity index (χ2v) is 6.15. The van der Waals surface area contributed by atoms with Crippen LogP contribution in [0.4, 0.5) is 5.69 Å². The lowest BCUT2D eigenvalue weighted by atomic mass is 10.2. The molecular weight excluding hydrogens is 308 g/mol. The van der Waals surface area contributed by atoms with Crippen molar-refractivity contribution in [3.05, 3.63) is 84.9 Å². The van der Waals surface area contributed by atoms with E-state index in [9.17, 15) is 4.79 Å². The zero-order valence-electron chi connectivity index (χ0n) is 14.0. The molecule has 1 N–H and O–H groups in total. The summed E-state index contributed by atoms with van der Waals surface area (Å²) in [5.74, 6) is -0.162. The van der Waals surface area contributed by atoms with Gasteiger partial charge < -0.3 is 9.88 Å². The van der Waals surface area contributed by atoms with E-state index in [0.29, 0.717) is 5.57 Å². The molecule has 1 aromatic heterocycles. The van der Waals surface area contributed by atoms with Gasteiger partial charge in [-0.05, 0) is 43.3 Å². The Hall–Kier alpha value is -3.33. The summed E-state index contributed by atoms with van der Waals surface area (Å²) in [6.07, 6.45) is 0. The normalized spacial score (nSPS) is 10.9. The Labute approximate surface area is 146 Å². The number of hydrogen-bond donors (Lipinski definition) is 1. The number of carbonyl (C=O) groups excluding carboxylic acids is 1. The number of aromatic nitrogens is 1. The predicted octanol–water partition coefficient (Wildman–Crippen LogP) is 5.30. The summed E-state index contributed by atoms with van der Waals surface area (Å²) in [4.78, 5) is 11.8. The van der Waals surface area contributed by atoms with Gasteiger partial charge in [0.05, 0.1) is 11.0 Å². The maximum absolute atomic E-state index is 11.8. The molecule has 122 valence electrons. The van der Waals surface area contributed by atoms with Gasteiger partial charge in [-0.2, -0.15) is 0 Å². The summed E-state index contributed by atoms with van der Waals surface area (Å²) in [7, 11) is 0. The molecule has 4 aromatic rings. The van der Waals surface area contributed by atoms with Gasteiger partial charge in [-0.1, -0.05) is 43.0 Å². The quantitative estimate of drug-likeness (QED) is 0.509. The van der Waals surface area contributed by atoms with Crippen LogP contribution in [-0.2, 0) is 4.79 Å². The van der Waals surface area contributed by atoms with Crippen LogP contribution in [0, 0.1) is 0 Å². The van der Waals surface area contributed by atoms with E-state index in [1.54, 1.807) is 6.92 Å². The van der Waals surface area contributed by atoms with E-state index < -0.39 is 0 Å². The van der Waals surface area contributed by atoms with E-state index in [4.69, 9.17) is 0 Å². The van der Waals surface area contributed by atoms with Crippen LogP contribution in [0.15, 0.2) is 84.9 Å². The third kappa shape index (κ3) is 2.60. The number of carbonyl (C=O) groups is 1. The van der Waals surface area contributed by atoms with Gasteiger partial charge in [0.1, 0.15) is 0 Å². The average Bonchev–Trinajstić information content (AvgIpc) is 2.97. The molecule has 0 fully saturated rings. The van der Waals surface area contributed by atoms with Crippen molar-refractivity contribution in [3.8, 4) is 5.69 Å². The molecule has 1 heterocycles. The van der Waals surface area contributed by atoms with E-state index in [2.05, 4.69) is 65.0 Å². The van der Waals surface area contributed by atoms with Gasteiger partial charge in [-0.15, -0.1) is 0 Å². The summed E-state index contributed by atoms with van der Waals surface area (Å²) in [6, 6.07) is 24.7. The molecule has 0 aliphatic heterocycles. The minimum absolute atomic E-state index is 0.162. The second-order valence-electron chi connectivity index (χ2n) is 6.15. The van der Waals surface area contributed by atoms with E-state index in [-0.39, 0.29) is 5.91 Å². The van der Waals surface area contributed by atoms with Crippen molar-refractivity contribution in [2.75, 3.05) is 5.32 Å². The minimum atomic E-state index is -0.162. The lowest BCUT2D eigenvalue weighted by Gasteiger charge is -2.10. The fourth-order valence-corrected chi connectivity index (χ4v) is 3.13. The first-order valence-corrected chi connectivity index (χ1v) is 8.20. The largest absolute Gasteiger partial charge is 0.322 e. The summed E-state index contributed by atoms with van der Waals surface area (Å²) in [5.41, 5.74) is 4.65. The van der Waals surface area contributed by atoms with E-state index in [1.807, 2.05) is 24.3 Å².